The molecule has 0 bridgehead atoms. The van der Waals surface area contributed by atoms with Gasteiger partial charge in [-0.05, 0) is 60.2 Å². The number of rotatable bonds is 8. The molecule has 0 aromatic heterocycles. The highest BCUT2D eigenvalue weighted by atomic mass is 35.5. The average Bonchev–Trinajstić information content (AvgIpc) is 2.84. The fourth-order valence-electron chi connectivity index (χ4n) is 2.83. The number of nitrogens with one attached hydrogen (secondary N) is 2. The Labute approximate surface area is 204 Å². The molecule has 0 unspecified atom stereocenters. The largest absolute Gasteiger partial charge is 0.493 e. The van der Waals surface area contributed by atoms with Gasteiger partial charge in [0.1, 0.15) is 12.4 Å². The summed E-state index contributed by atoms with van der Waals surface area (Å²) in [5.41, 5.74) is 8.57. The van der Waals surface area contributed by atoms with Crippen LogP contribution in [0.25, 0.3) is 0 Å². The number of halogens is 2. The van der Waals surface area contributed by atoms with E-state index in [2.05, 4.69) is 15.8 Å². The van der Waals surface area contributed by atoms with Crippen LogP contribution in [0.1, 0.15) is 21.5 Å². The molecule has 0 aliphatic rings. The van der Waals surface area contributed by atoms with Crippen LogP contribution in [0, 0.1) is 5.82 Å². The molecule has 11 heteroatoms. The molecule has 0 saturated heterocycles. The van der Waals surface area contributed by atoms with E-state index >= 15 is 0 Å². The van der Waals surface area contributed by atoms with Crippen molar-refractivity contribution in [3.63, 3.8) is 0 Å². The van der Waals surface area contributed by atoms with Crippen molar-refractivity contribution in [1.82, 2.24) is 5.43 Å². The number of carbonyl (C=O) groups is 3. The molecular weight excluding hydrogens is 479 g/mol. The highest BCUT2D eigenvalue weighted by Gasteiger charge is 2.14. The molecule has 9 nitrogen and oxygen atoms in total. The zero-order valence-electron chi connectivity index (χ0n) is 18.4. The maximum absolute atomic E-state index is 13.9. The number of hydrogen-bond donors (Lipinski definition) is 3. The molecule has 0 spiro atoms. The van der Waals surface area contributed by atoms with E-state index in [4.69, 9.17) is 26.8 Å². The number of carbonyl (C=O) groups excluding carboxylic acids is 3. The van der Waals surface area contributed by atoms with Gasteiger partial charge in [0.2, 0.25) is 5.91 Å². The zero-order chi connectivity index (χ0) is 25.4. The Hall–Kier alpha value is -4.44. The van der Waals surface area contributed by atoms with Crippen LogP contribution in [0.4, 0.5) is 10.1 Å². The van der Waals surface area contributed by atoms with Gasteiger partial charge in [0, 0.05) is 16.8 Å². The maximum atomic E-state index is 13.9. The fraction of sp³-hybridized carbons (Fsp3) is 0.0833. The van der Waals surface area contributed by atoms with Crippen molar-refractivity contribution in [2.24, 2.45) is 10.8 Å². The van der Waals surface area contributed by atoms with E-state index in [0.29, 0.717) is 22.7 Å². The maximum Gasteiger partial charge on any atom is 0.329 e. The summed E-state index contributed by atoms with van der Waals surface area (Å²) in [5, 5.41) is 6.37. The highest BCUT2D eigenvalue weighted by Crippen LogP contribution is 2.29. The Kier molecular flexibility index (Phi) is 8.36. The van der Waals surface area contributed by atoms with Crippen LogP contribution in [0.2, 0.25) is 5.02 Å². The van der Waals surface area contributed by atoms with Gasteiger partial charge in [-0.2, -0.15) is 5.10 Å². The molecule has 3 amide bonds. The average molecular weight is 499 g/mol. The first-order valence-corrected chi connectivity index (χ1v) is 10.4. The number of hydrogen-bond acceptors (Lipinski definition) is 6. The minimum absolute atomic E-state index is 0.105. The van der Waals surface area contributed by atoms with Crippen molar-refractivity contribution in [3.8, 4) is 11.5 Å². The van der Waals surface area contributed by atoms with Gasteiger partial charge in [0.15, 0.2) is 11.5 Å². The van der Waals surface area contributed by atoms with Gasteiger partial charge < -0.3 is 20.5 Å². The lowest BCUT2D eigenvalue weighted by Crippen LogP contribution is -2.32. The van der Waals surface area contributed by atoms with Gasteiger partial charge in [-0.25, -0.2) is 9.82 Å². The Morgan fingerprint density at radius 3 is 2.46 bits per heavy atom. The lowest BCUT2D eigenvalue weighted by atomic mass is 10.2. The van der Waals surface area contributed by atoms with Crippen molar-refractivity contribution < 1.29 is 28.2 Å². The summed E-state index contributed by atoms with van der Waals surface area (Å²) in [6, 6.07) is 14.8. The van der Waals surface area contributed by atoms with E-state index in [1.54, 1.807) is 24.3 Å². The third-order valence-electron chi connectivity index (χ3n) is 4.63. The Morgan fingerprint density at radius 2 is 1.80 bits per heavy atom. The predicted octanol–water partition coefficient (Wildman–Crippen LogP) is 3.25. The smallest absolute Gasteiger partial charge is 0.329 e. The van der Waals surface area contributed by atoms with E-state index in [9.17, 15) is 18.8 Å². The molecular formula is C24H20ClFN4O5. The van der Waals surface area contributed by atoms with Gasteiger partial charge in [-0.15, -0.1) is 0 Å². The highest BCUT2D eigenvalue weighted by molar-refractivity contribution is 6.39. The Bertz CT molecular complexity index is 1260. The van der Waals surface area contributed by atoms with E-state index in [-0.39, 0.29) is 22.8 Å². The molecule has 0 atom stereocenters. The quantitative estimate of drug-likeness (QED) is 0.249. The lowest BCUT2D eigenvalue weighted by molar-refractivity contribution is -0.136. The second-order valence-corrected chi connectivity index (χ2v) is 7.40. The molecule has 0 radical (unpaired) electrons. The van der Waals surface area contributed by atoms with Crippen LogP contribution < -0.4 is 25.9 Å². The summed E-state index contributed by atoms with van der Waals surface area (Å²) < 4.78 is 24.9. The standard InChI is InChI=1S/C24H20ClFN4O5/c1-34-21-11-14(5-10-20(21)35-13-17-18(25)3-2-4-19(17)26)12-28-30-24(33)23(32)29-16-8-6-15(7-9-16)22(27)31/h2-12H,13H2,1H3,(H2,27,31)(H,29,32)(H,30,33). The summed E-state index contributed by atoms with van der Waals surface area (Å²) >= 11 is 6.01. The number of anilines is 1. The van der Waals surface area contributed by atoms with E-state index in [0.717, 1.165) is 0 Å². The Morgan fingerprint density at radius 1 is 1.06 bits per heavy atom. The third kappa shape index (κ3) is 6.78. The van der Waals surface area contributed by atoms with Crippen molar-refractivity contribution in [1.29, 1.82) is 0 Å². The number of methoxy groups -OCH3 is 1. The normalized spacial score (nSPS) is 10.6. The van der Waals surface area contributed by atoms with Crippen LogP contribution >= 0.6 is 11.6 Å². The predicted molar refractivity (Wildman–Crippen MR) is 128 cm³/mol. The summed E-state index contributed by atoms with van der Waals surface area (Å²) in [6.45, 7) is -0.105. The van der Waals surface area contributed by atoms with Gasteiger partial charge in [-0.3, -0.25) is 14.4 Å². The van der Waals surface area contributed by atoms with Gasteiger partial charge in [0.05, 0.1) is 18.3 Å². The topological polar surface area (TPSA) is 132 Å². The molecule has 4 N–H and O–H groups in total. The zero-order valence-corrected chi connectivity index (χ0v) is 19.1. The first-order valence-electron chi connectivity index (χ1n) is 10.1. The molecule has 3 aromatic rings. The fourth-order valence-corrected chi connectivity index (χ4v) is 3.04. The second kappa shape index (κ2) is 11.6. The van der Waals surface area contributed by atoms with Crippen molar-refractivity contribution in [3.05, 3.63) is 88.2 Å². The number of hydrazone groups is 1. The number of ether oxygens (including phenoxy) is 2. The Balaban J connectivity index is 1.57. The van der Waals surface area contributed by atoms with Crippen LogP contribution in [-0.4, -0.2) is 31.0 Å². The minimum Gasteiger partial charge on any atom is -0.493 e. The second-order valence-electron chi connectivity index (χ2n) is 6.99. The monoisotopic (exact) mass is 498 g/mol. The van der Waals surface area contributed by atoms with Crippen molar-refractivity contribution >= 4 is 41.2 Å². The van der Waals surface area contributed by atoms with Crippen LogP contribution in [0.3, 0.4) is 0 Å². The van der Waals surface area contributed by atoms with E-state index in [1.165, 1.54) is 49.7 Å². The SMILES string of the molecule is COc1cc(C=NNC(=O)C(=O)Nc2ccc(C(N)=O)cc2)ccc1OCc1c(F)cccc1Cl. The molecule has 3 aromatic carbocycles. The third-order valence-corrected chi connectivity index (χ3v) is 4.99. The summed E-state index contributed by atoms with van der Waals surface area (Å²) in [6.07, 6.45) is 1.30. The van der Waals surface area contributed by atoms with Crippen molar-refractivity contribution in [2.75, 3.05) is 12.4 Å². The molecule has 0 saturated carbocycles. The van der Waals surface area contributed by atoms with Crippen LogP contribution in [0.5, 0.6) is 11.5 Å². The number of primary amides is 1. The molecule has 3 rings (SSSR count). The lowest BCUT2D eigenvalue weighted by Gasteiger charge is -2.12. The molecule has 0 heterocycles. The van der Waals surface area contributed by atoms with Gasteiger partial charge in [-0.1, -0.05) is 17.7 Å². The van der Waals surface area contributed by atoms with E-state index < -0.39 is 23.5 Å². The number of benzene rings is 3. The molecule has 0 fully saturated rings. The number of amides is 3. The summed E-state index contributed by atoms with van der Waals surface area (Å²) in [7, 11) is 1.43. The van der Waals surface area contributed by atoms with Crippen LogP contribution in [-0.2, 0) is 16.2 Å². The van der Waals surface area contributed by atoms with Crippen LogP contribution in [0.15, 0.2) is 65.8 Å². The van der Waals surface area contributed by atoms with E-state index in [1.807, 2.05) is 0 Å². The first kappa shape index (κ1) is 25.2. The minimum atomic E-state index is -1.01. The molecule has 180 valence electrons. The molecule has 35 heavy (non-hydrogen) atoms. The van der Waals surface area contributed by atoms with Gasteiger partial charge >= 0.3 is 11.8 Å². The summed E-state index contributed by atoms with van der Waals surface area (Å²) in [4.78, 5) is 35.0. The number of nitrogens with zero attached hydrogens (tertiary/aromatic N) is 1. The first-order chi connectivity index (χ1) is 16.8. The van der Waals surface area contributed by atoms with Crippen molar-refractivity contribution in [2.45, 2.75) is 6.61 Å². The molecule has 0 aliphatic heterocycles. The summed E-state index contributed by atoms with van der Waals surface area (Å²) in [5.74, 6) is -2.38. The number of nitrogens with two attached hydrogens (primary N) is 1. The van der Waals surface area contributed by atoms with Gasteiger partial charge in [0.25, 0.3) is 0 Å². The molecule has 0 aliphatic carbocycles.